The first-order valence-electron chi connectivity index (χ1n) is 16.5. The molecule has 12 nitrogen and oxygen atoms in total. The summed E-state index contributed by atoms with van der Waals surface area (Å²) in [4.78, 5) is 25.2. The SMILES string of the molecule is COP(=O)(OC)OC1CCN(C(=O)C2CCC(C3(c4nccc(-n5ccc6c(OCCCS(C)(=O)=O)cccc65)n4)CC3)CC2)CC1. The largest absolute Gasteiger partial charge is 0.493 e. The normalized spacial score (nSPS) is 22.0. The fraction of sp³-hybridized carbons (Fsp3) is 0.606. The van der Waals surface area contributed by atoms with Crippen LogP contribution in [0.3, 0.4) is 0 Å². The summed E-state index contributed by atoms with van der Waals surface area (Å²) in [6, 6.07) is 9.79. The summed E-state index contributed by atoms with van der Waals surface area (Å²) in [6.45, 7) is 1.48. The second-order valence-electron chi connectivity index (χ2n) is 13.1. The summed E-state index contributed by atoms with van der Waals surface area (Å²) in [6.07, 6.45) is 12.2. The minimum absolute atomic E-state index is 0.0184. The zero-order valence-corrected chi connectivity index (χ0v) is 29.1. The van der Waals surface area contributed by atoms with Crippen molar-refractivity contribution in [3.63, 3.8) is 0 Å². The molecule has 47 heavy (non-hydrogen) atoms. The van der Waals surface area contributed by atoms with Crippen molar-refractivity contribution in [3.8, 4) is 11.6 Å². The molecule has 3 heterocycles. The highest BCUT2D eigenvalue weighted by Crippen LogP contribution is 2.57. The van der Waals surface area contributed by atoms with E-state index in [1.807, 2.05) is 52.2 Å². The summed E-state index contributed by atoms with van der Waals surface area (Å²) in [7, 11) is -3.95. The van der Waals surface area contributed by atoms with E-state index < -0.39 is 17.7 Å². The lowest BCUT2D eigenvalue weighted by atomic mass is 9.73. The molecular weight excluding hydrogens is 643 g/mol. The van der Waals surface area contributed by atoms with E-state index >= 15 is 0 Å². The monoisotopic (exact) mass is 688 g/mol. The van der Waals surface area contributed by atoms with Crippen molar-refractivity contribution in [2.45, 2.75) is 69.3 Å². The van der Waals surface area contributed by atoms with Crippen molar-refractivity contribution < 1.29 is 36.1 Å². The van der Waals surface area contributed by atoms with E-state index in [1.165, 1.54) is 20.5 Å². The standard InChI is InChI=1S/C33H45N4O8PS/c1-42-46(39,43-2)45-26-13-19-36(20-14-26)31(38)24-8-10-25(11-9-24)33(16-17-33)32-34-18-12-30(35-32)37-21-15-27-28(37)6-4-7-29(27)44-22-5-23-47(3,40)41/h4,6-7,12,15,18,21,24-26H,5,8-11,13-14,16-17,19-20,22-23H2,1-3H3. The lowest BCUT2D eigenvalue weighted by molar-refractivity contribution is -0.138. The molecule has 2 aromatic heterocycles. The second kappa shape index (κ2) is 14.0. The van der Waals surface area contributed by atoms with E-state index in [1.54, 1.807) is 0 Å². The van der Waals surface area contributed by atoms with Gasteiger partial charge in [-0.1, -0.05) is 6.07 Å². The topological polar surface area (TPSA) is 139 Å². The fourth-order valence-corrected chi connectivity index (χ4v) is 8.86. The Morgan fingerprint density at radius 3 is 2.40 bits per heavy atom. The van der Waals surface area contributed by atoms with Crippen LogP contribution < -0.4 is 4.74 Å². The molecule has 0 radical (unpaired) electrons. The summed E-state index contributed by atoms with van der Waals surface area (Å²) >= 11 is 0. The maximum absolute atomic E-state index is 13.4. The summed E-state index contributed by atoms with van der Waals surface area (Å²) < 4.78 is 58.7. The summed E-state index contributed by atoms with van der Waals surface area (Å²) in [5.74, 6) is 3.16. The van der Waals surface area contributed by atoms with E-state index in [2.05, 4.69) is 0 Å². The molecule has 14 heteroatoms. The first-order chi connectivity index (χ1) is 22.5. The molecule has 0 N–H and O–H groups in total. The number of rotatable bonds is 13. The highest BCUT2D eigenvalue weighted by molar-refractivity contribution is 7.90. The lowest BCUT2D eigenvalue weighted by Gasteiger charge is -2.38. The Morgan fingerprint density at radius 1 is 1.02 bits per heavy atom. The van der Waals surface area contributed by atoms with Gasteiger partial charge in [0.2, 0.25) is 5.91 Å². The van der Waals surface area contributed by atoms with Crippen LogP contribution in [0.25, 0.3) is 16.7 Å². The van der Waals surface area contributed by atoms with E-state index in [0.29, 0.717) is 44.9 Å². The van der Waals surface area contributed by atoms with E-state index in [0.717, 1.165) is 66.8 Å². The van der Waals surface area contributed by atoms with Gasteiger partial charge in [0.05, 0.1) is 24.0 Å². The third kappa shape index (κ3) is 7.59. The number of hydrogen-bond donors (Lipinski definition) is 0. The van der Waals surface area contributed by atoms with Crippen LogP contribution in [0.2, 0.25) is 0 Å². The molecule has 0 spiro atoms. The average Bonchev–Trinajstić information content (AvgIpc) is 3.78. The van der Waals surface area contributed by atoms with Crippen molar-refractivity contribution >= 4 is 34.5 Å². The first-order valence-corrected chi connectivity index (χ1v) is 20.0. The van der Waals surface area contributed by atoms with E-state index in [9.17, 15) is 17.8 Å². The first kappa shape index (κ1) is 34.0. The zero-order valence-electron chi connectivity index (χ0n) is 27.4. The highest BCUT2D eigenvalue weighted by atomic mass is 32.2. The van der Waals surface area contributed by atoms with Gasteiger partial charge in [-0.2, -0.15) is 0 Å². The molecular formula is C33H45N4O8PS. The third-order valence-electron chi connectivity index (χ3n) is 10.1. The Kier molecular flexibility index (Phi) is 10.1. The number of sulfone groups is 1. The van der Waals surface area contributed by atoms with Crippen LogP contribution in [0.5, 0.6) is 5.75 Å². The van der Waals surface area contributed by atoms with Crippen LogP contribution in [-0.2, 0) is 38.2 Å². The second-order valence-corrected chi connectivity index (χ2v) is 17.2. The Hall–Kier alpha value is -2.83. The smallest absolute Gasteiger partial charge is 0.474 e. The van der Waals surface area contributed by atoms with Gasteiger partial charge in [0.1, 0.15) is 27.2 Å². The molecule has 6 rings (SSSR count). The molecule has 256 valence electrons. The van der Waals surface area contributed by atoms with Crippen molar-refractivity contribution in [1.29, 1.82) is 0 Å². The molecule has 0 unspecified atom stereocenters. The maximum Gasteiger partial charge on any atom is 0.474 e. The Labute approximate surface area is 276 Å². The highest BCUT2D eigenvalue weighted by Gasteiger charge is 2.54. The predicted octanol–water partition coefficient (Wildman–Crippen LogP) is 5.48. The van der Waals surface area contributed by atoms with Gasteiger partial charge in [0, 0.05) is 62.7 Å². The van der Waals surface area contributed by atoms with Gasteiger partial charge in [-0.25, -0.2) is 23.0 Å². The number of carbonyl (C=O) groups is 1. The zero-order chi connectivity index (χ0) is 33.2. The number of phosphoric acid groups is 1. The van der Waals surface area contributed by atoms with Gasteiger partial charge in [-0.3, -0.25) is 18.4 Å². The van der Waals surface area contributed by atoms with Gasteiger partial charge in [0.15, 0.2) is 0 Å². The van der Waals surface area contributed by atoms with E-state index in [-0.39, 0.29) is 29.1 Å². The fourth-order valence-electron chi connectivity index (χ4n) is 7.32. The Balaban J connectivity index is 1.07. The van der Waals surface area contributed by atoms with Crippen LogP contribution in [-0.4, -0.2) is 85.8 Å². The van der Waals surface area contributed by atoms with E-state index in [4.69, 9.17) is 28.3 Å². The van der Waals surface area contributed by atoms with Gasteiger partial charge in [-0.05, 0) is 88.0 Å². The Morgan fingerprint density at radius 2 is 1.74 bits per heavy atom. The Bertz CT molecular complexity index is 1720. The average molecular weight is 689 g/mol. The van der Waals surface area contributed by atoms with Crippen LogP contribution in [0.4, 0.5) is 0 Å². The number of fused-ring (bicyclic) bond motifs is 1. The molecule has 1 saturated heterocycles. The quantitative estimate of drug-likeness (QED) is 0.168. The van der Waals surface area contributed by atoms with Gasteiger partial charge in [0.25, 0.3) is 0 Å². The number of benzene rings is 1. The van der Waals surface area contributed by atoms with Crippen molar-refractivity contribution in [3.05, 3.63) is 48.5 Å². The number of carbonyl (C=O) groups excluding carboxylic acids is 1. The molecule has 3 fully saturated rings. The summed E-state index contributed by atoms with van der Waals surface area (Å²) in [5.41, 5.74) is 0.911. The van der Waals surface area contributed by atoms with Crippen molar-refractivity contribution in [2.24, 2.45) is 11.8 Å². The number of piperidine rings is 1. The van der Waals surface area contributed by atoms with Crippen LogP contribution >= 0.6 is 7.82 Å². The van der Waals surface area contributed by atoms with Crippen LogP contribution in [0.1, 0.15) is 63.6 Å². The molecule has 2 saturated carbocycles. The van der Waals surface area contributed by atoms with Crippen LogP contribution in [0, 0.1) is 11.8 Å². The number of nitrogens with zero attached hydrogens (tertiary/aromatic N) is 4. The molecule has 2 aliphatic carbocycles. The molecule has 0 atom stereocenters. The van der Waals surface area contributed by atoms with Crippen molar-refractivity contribution in [2.75, 3.05) is 45.9 Å². The minimum atomic E-state index is -3.54. The van der Waals surface area contributed by atoms with Gasteiger partial charge >= 0.3 is 7.82 Å². The molecule has 0 bridgehead atoms. The third-order valence-corrected chi connectivity index (χ3v) is 12.5. The maximum atomic E-state index is 13.4. The molecule has 1 amide bonds. The van der Waals surface area contributed by atoms with Crippen LogP contribution in [0.15, 0.2) is 42.7 Å². The predicted molar refractivity (Wildman–Crippen MR) is 177 cm³/mol. The molecule has 3 aliphatic rings. The number of hydrogen-bond acceptors (Lipinski definition) is 10. The minimum Gasteiger partial charge on any atom is -0.493 e. The van der Waals surface area contributed by atoms with Gasteiger partial charge in [-0.15, -0.1) is 0 Å². The van der Waals surface area contributed by atoms with Crippen molar-refractivity contribution in [1.82, 2.24) is 19.4 Å². The number of aromatic nitrogens is 3. The number of amides is 1. The molecule has 1 aliphatic heterocycles. The number of likely N-dealkylation sites (tertiary alicyclic amines) is 1. The van der Waals surface area contributed by atoms with Gasteiger partial charge < -0.3 is 14.2 Å². The summed E-state index contributed by atoms with van der Waals surface area (Å²) in [5, 5.41) is 0.942. The lowest BCUT2D eigenvalue weighted by Crippen LogP contribution is -2.44. The number of ether oxygens (including phenoxy) is 1. The molecule has 1 aromatic carbocycles. The molecule has 3 aromatic rings. The number of phosphoric ester groups is 1.